The zero-order valence-corrected chi connectivity index (χ0v) is 28.5. The van der Waals surface area contributed by atoms with Crippen molar-refractivity contribution < 1.29 is 14.2 Å². The molecule has 0 atom stereocenters. The van der Waals surface area contributed by atoms with Crippen molar-refractivity contribution in [2.75, 3.05) is 0 Å². The molecule has 6 aromatic carbocycles. The second-order valence-electron chi connectivity index (χ2n) is 10.4. The summed E-state index contributed by atoms with van der Waals surface area (Å²) in [6.45, 7) is 2.24. The van der Waals surface area contributed by atoms with Gasteiger partial charge in [0.1, 0.15) is 34.5 Å². The van der Waals surface area contributed by atoms with Gasteiger partial charge < -0.3 is 14.2 Å². The van der Waals surface area contributed by atoms with Crippen LogP contribution in [0.2, 0.25) is 0 Å². The third-order valence-corrected chi connectivity index (χ3v) is 9.03. The van der Waals surface area contributed by atoms with Crippen LogP contribution in [-0.2, 0) is 5.41 Å². The molecule has 0 aromatic heterocycles. The third-order valence-electron chi connectivity index (χ3n) is 7.44. The summed E-state index contributed by atoms with van der Waals surface area (Å²) in [5.41, 5.74) is 2.92. The molecular formula is C38H27Br3O3. The first-order chi connectivity index (χ1) is 21.3. The minimum Gasteiger partial charge on any atom is -0.457 e. The van der Waals surface area contributed by atoms with Gasteiger partial charge in [-0.3, -0.25) is 0 Å². The Hall–Kier alpha value is -3.84. The average molecular weight is 771 g/mol. The molecule has 0 radical (unpaired) electrons. The Balaban J connectivity index is 1.31. The van der Waals surface area contributed by atoms with E-state index in [1.54, 1.807) is 0 Å². The minimum atomic E-state index is -0.470. The lowest BCUT2D eigenvalue weighted by Crippen LogP contribution is -2.25. The predicted molar refractivity (Wildman–Crippen MR) is 188 cm³/mol. The fourth-order valence-corrected chi connectivity index (χ4v) is 5.78. The molecule has 0 amide bonds. The fraction of sp³-hybridized carbons (Fsp3) is 0.0526. The monoisotopic (exact) mass is 768 g/mol. The van der Waals surface area contributed by atoms with Crippen molar-refractivity contribution in [3.8, 4) is 34.5 Å². The molecule has 0 heterocycles. The van der Waals surface area contributed by atoms with Crippen molar-refractivity contribution in [3.63, 3.8) is 0 Å². The first-order valence-electron chi connectivity index (χ1n) is 14.0. The van der Waals surface area contributed by atoms with Gasteiger partial charge >= 0.3 is 0 Å². The van der Waals surface area contributed by atoms with Crippen LogP contribution >= 0.6 is 47.8 Å². The van der Waals surface area contributed by atoms with E-state index in [4.69, 9.17) is 14.2 Å². The van der Waals surface area contributed by atoms with E-state index in [-0.39, 0.29) is 0 Å². The summed E-state index contributed by atoms with van der Waals surface area (Å²) < 4.78 is 21.4. The summed E-state index contributed by atoms with van der Waals surface area (Å²) in [7, 11) is 0. The number of halogens is 3. The summed E-state index contributed by atoms with van der Waals surface area (Å²) in [6, 6.07) is 48.4. The van der Waals surface area contributed by atoms with E-state index in [1.807, 2.05) is 109 Å². The van der Waals surface area contributed by atoms with Gasteiger partial charge in [-0.25, -0.2) is 0 Å². The highest BCUT2D eigenvalue weighted by molar-refractivity contribution is 9.11. The number of benzene rings is 6. The highest BCUT2D eigenvalue weighted by atomic mass is 79.9. The molecule has 0 aliphatic carbocycles. The summed E-state index contributed by atoms with van der Waals surface area (Å²) >= 11 is 10.4. The fourth-order valence-electron chi connectivity index (χ4n) is 4.99. The molecule has 0 saturated carbocycles. The van der Waals surface area contributed by atoms with E-state index in [2.05, 4.69) is 91.1 Å². The molecular weight excluding hydrogens is 744 g/mol. The van der Waals surface area contributed by atoms with Crippen LogP contribution in [0, 0.1) is 0 Å². The number of rotatable bonds is 9. The van der Waals surface area contributed by atoms with Gasteiger partial charge in [0.25, 0.3) is 0 Å². The lowest BCUT2D eigenvalue weighted by atomic mass is 9.71. The molecule has 0 bridgehead atoms. The van der Waals surface area contributed by atoms with Gasteiger partial charge in [-0.1, -0.05) is 84.2 Å². The van der Waals surface area contributed by atoms with Gasteiger partial charge in [-0.05, 0) is 133 Å². The van der Waals surface area contributed by atoms with E-state index in [9.17, 15) is 0 Å². The zero-order valence-electron chi connectivity index (χ0n) is 23.7. The topological polar surface area (TPSA) is 27.7 Å². The smallest absolute Gasteiger partial charge is 0.127 e. The minimum absolute atomic E-state index is 0.470. The van der Waals surface area contributed by atoms with Crippen LogP contribution < -0.4 is 14.2 Å². The largest absolute Gasteiger partial charge is 0.457 e. The van der Waals surface area contributed by atoms with Crippen molar-refractivity contribution in [2.24, 2.45) is 0 Å². The average Bonchev–Trinajstić information content (AvgIpc) is 3.05. The Labute approximate surface area is 282 Å². The number of ether oxygens (including phenoxy) is 3. The van der Waals surface area contributed by atoms with E-state index in [0.29, 0.717) is 0 Å². The molecule has 218 valence electrons. The van der Waals surface area contributed by atoms with E-state index in [1.165, 1.54) is 0 Å². The summed E-state index contributed by atoms with van der Waals surface area (Å²) in [4.78, 5) is 0. The Morgan fingerprint density at radius 1 is 0.318 bits per heavy atom. The summed E-state index contributed by atoms with van der Waals surface area (Å²) in [6.07, 6.45) is 0. The second kappa shape index (κ2) is 13.4. The SMILES string of the molecule is CC(c1ccc(Oc2ccc(Br)cc2)cc1)(c1ccc(Oc2ccc(Br)cc2)cc1)c1ccc(Oc2ccc(Br)cc2)cc1. The molecule has 0 spiro atoms. The van der Waals surface area contributed by atoms with Crippen molar-refractivity contribution >= 4 is 47.8 Å². The van der Waals surface area contributed by atoms with Gasteiger partial charge in [0.15, 0.2) is 0 Å². The van der Waals surface area contributed by atoms with Crippen LogP contribution in [0.25, 0.3) is 0 Å². The van der Waals surface area contributed by atoms with E-state index < -0.39 is 5.41 Å². The normalized spacial score (nSPS) is 11.2. The molecule has 6 rings (SSSR count). The summed E-state index contributed by atoms with van der Waals surface area (Å²) in [5.74, 6) is 4.67. The van der Waals surface area contributed by atoms with E-state index in [0.717, 1.165) is 64.6 Å². The standard InChI is InChI=1S/C38H27Br3O3/c1-38(26-2-14-32(15-3-26)42-35-20-8-29(39)9-21-35,27-4-16-33(17-5-27)43-36-22-10-30(40)11-23-36)28-6-18-34(19-7-28)44-37-24-12-31(41)13-25-37/h2-25H,1H3. The zero-order chi connectivity index (χ0) is 30.5. The Bertz CT molecular complexity index is 1600. The molecule has 6 aromatic rings. The van der Waals surface area contributed by atoms with Crippen LogP contribution in [0.1, 0.15) is 23.6 Å². The lowest BCUT2D eigenvalue weighted by molar-refractivity contribution is 0.481. The van der Waals surface area contributed by atoms with Crippen LogP contribution in [0.15, 0.2) is 159 Å². The quantitative estimate of drug-likeness (QED) is 0.137. The first kappa shape index (κ1) is 30.2. The molecule has 0 aliphatic rings. The third kappa shape index (κ3) is 7.10. The molecule has 6 heteroatoms. The second-order valence-corrected chi connectivity index (χ2v) is 13.1. The molecule has 0 saturated heterocycles. The van der Waals surface area contributed by atoms with Crippen molar-refractivity contribution in [1.82, 2.24) is 0 Å². The maximum atomic E-state index is 6.11. The number of hydrogen-bond donors (Lipinski definition) is 0. The van der Waals surface area contributed by atoms with Crippen LogP contribution in [0.5, 0.6) is 34.5 Å². The van der Waals surface area contributed by atoms with Crippen LogP contribution in [-0.4, -0.2) is 0 Å². The Morgan fingerprint density at radius 3 is 0.705 bits per heavy atom. The van der Waals surface area contributed by atoms with Gasteiger partial charge in [0, 0.05) is 18.8 Å². The molecule has 0 N–H and O–H groups in total. The molecule has 0 unspecified atom stereocenters. The molecule has 0 fully saturated rings. The van der Waals surface area contributed by atoms with Gasteiger partial charge in [-0.2, -0.15) is 0 Å². The predicted octanol–water partition coefficient (Wildman–Crippen LogP) is 12.7. The van der Waals surface area contributed by atoms with Gasteiger partial charge in [0.2, 0.25) is 0 Å². The first-order valence-corrected chi connectivity index (χ1v) is 16.3. The molecule has 0 aliphatic heterocycles. The Morgan fingerprint density at radius 2 is 0.500 bits per heavy atom. The highest BCUT2D eigenvalue weighted by Gasteiger charge is 2.31. The molecule has 3 nitrogen and oxygen atoms in total. The van der Waals surface area contributed by atoms with Crippen molar-refractivity contribution in [3.05, 3.63) is 176 Å². The number of hydrogen-bond acceptors (Lipinski definition) is 3. The van der Waals surface area contributed by atoms with E-state index >= 15 is 0 Å². The Kier molecular flexibility index (Phi) is 9.22. The van der Waals surface area contributed by atoms with Gasteiger partial charge in [-0.15, -0.1) is 0 Å². The van der Waals surface area contributed by atoms with Crippen LogP contribution in [0.4, 0.5) is 0 Å². The molecule has 44 heavy (non-hydrogen) atoms. The maximum absolute atomic E-state index is 6.11. The van der Waals surface area contributed by atoms with Gasteiger partial charge in [0.05, 0.1) is 0 Å². The summed E-state index contributed by atoms with van der Waals surface area (Å²) in [5, 5.41) is 0. The maximum Gasteiger partial charge on any atom is 0.127 e. The van der Waals surface area contributed by atoms with Crippen molar-refractivity contribution in [1.29, 1.82) is 0 Å². The van der Waals surface area contributed by atoms with Crippen LogP contribution in [0.3, 0.4) is 0 Å². The van der Waals surface area contributed by atoms with Crippen molar-refractivity contribution in [2.45, 2.75) is 12.3 Å². The highest BCUT2D eigenvalue weighted by Crippen LogP contribution is 2.41. The lowest BCUT2D eigenvalue weighted by Gasteiger charge is -2.32.